The number of rotatable bonds is 1. The van der Waals surface area contributed by atoms with Crippen LogP contribution >= 0.6 is 0 Å². The fourth-order valence-electron chi connectivity index (χ4n) is 1.84. The summed E-state index contributed by atoms with van der Waals surface area (Å²) in [5.41, 5.74) is 9.28. The van der Waals surface area contributed by atoms with Crippen LogP contribution in [0.25, 0.3) is 11.1 Å². The van der Waals surface area contributed by atoms with E-state index in [0.29, 0.717) is 5.82 Å². The first-order valence-corrected chi connectivity index (χ1v) is 5.06. The van der Waals surface area contributed by atoms with E-state index in [1.54, 1.807) is 6.20 Å². The van der Waals surface area contributed by atoms with Gasteiger partial charge in [0.15, 0.2) is 0 Å². The van der Waals surface area contributed by atoms with E-state index in [1.165, 1.54) is 12.1 Å². The van der Waals surface area contributed by atoms with Crippen LogP contribution in [-0.4, -0.2) is 4.98 Å². The number of nitrogens with two attached hydrogens (primary N) is 1. The van der Waals surface area contributed by atoms with E-state index in [9.17, 15) is 4.39 Å². The molecule has 2 aromatic rings. The van der Waals surface area contributed by atoms with Crippen molar-refractivity contribution < 1.29 is 4.39 Å². The van der Waals surface area contributed by atoms with Crippen molar-refractivity contribution in [3.05, 3.63) is 47.4 Å². The molecule has 2 rings (SSSR count). The molecule has 1 aromatic heterocycles. The normalized spacial score (nSPS) is 10.4. The average molecular weight is 216 g/mol. The zero-order valence-corrected chi connectivity index (χ0v) is 9.29. The molecule has 2 nitrogen and oxygen atoms in total. The van der Waals surface area contributed by atoms with Gasteiger partial charge >= 0.3 is 0 Å². The highest BCUT2D eigenvalue weighted by Crippen LogP contribution is 2.28. The zero-order chi connectivity index (χ0) is 11.7. The molecule has 0 amide bonds. The largest absolute Gasteiger partial charge is 0.383 e. The van der Waals surface area contributed by atoms with E-state index in [2.05, 4.69) is 4.98 Å². The van der Waals surface area contributed by atoms with Gasteiger partial charge in [0.2, 0.25) is 0 Å². The first-order chi connectivity index (χ1) is 7.58. The molecule has 0 aliphatic heterocycles. The van der Waals surface area contributed by atoms with Gasteiger partial charge in [0.05, 0.1) is 0 Å². The molecule has 16 heavy (non-hydrogen) atoms. The fraction of sp³-hybridized carbons (Fsp3) is 0.154. The first-order valence-electron chi connectivity index (χ1n) is 5.06. The molecule has 0 atom stereocenters. The third kappa shape index (κ3) is 1.89. The summed E-state index contributed by atoms with van der Waals surface area (Å²) in [6, 6.07) is 6.74. The van der Waals surface area contributed by atoms with Crippen LogP contribution < -0.4 is 5.73 Å². The minimum Gasteiger partial charge on any atom is -0.383 e. The van der Waals surface area contributed by atoms with Crippen LogP contribution in [0.5, 0.6) is 0 Å². The highest BCUT2D eigenvalue weighted by molar-refractivity contribution is 5.77. The molecular formula is C13H13FN2. The maximum atomic E-state index is 13.3. The topological polar surface area (TPSA) is 38.9 Å². The average Bonchev–Trinajstić information content (AvgIpc) is 2.15. The van der Waals surface area contributed by atoms with Crippen molar-refractivity contribution >= 4 is 5.82 Å². The Bertz CT molecular complexity index is 495. The Hall–Kier alpha value is -1.90. The third-order valence-corrected chi connectivity index (χ3v) is 2.52. The molecule has 0 fully saturated rings. The quantitative estimate of drug-likeness (QED) is 0.795. The van der Waals surface area contributed by atoms with Crippen molar-refractivity contribution in [2.45, 2.75) is 13.8 Å². The van der Waals surface area contributed by atoms with Gasteiger partial charge in [-0.3, -0.25) is 0 Å². The molecule has 0 spiro atoms. The Labute approximate surface area is 93.9 Å². The van der Waals surface area contributed by atoms with Gasteiger partial charge in [0.25, 0.3) is 0 Å². The predicted octanol–water partition coefficient (Wildman–Crippen LogP) is 3.09. The van der Waals surface area contributed by atoms with Crippen molar-refractivity contribution in [3.63, 3.8) is 0 Å². The SMILES string of the molecule is Cc1cc(F)cc(-c2c(C)ccnc2N)c1. The second kappa shape index (κ2) is 3.93. The smallest absolute Gasteiger partial charge is 0.131 e. The Morgan fingerprint density at radius 3 is 2.56 bits per heavy atom. The van der Waals surface area contributed by atoms with Crippen molar-refractivity contribution in [1.82, 2.24) is 4.98 Å². The molecule has 1 aromatic carbocycles. The van der Waals surface area contributed by atoms with Crippen molar-refractivity contribution in [3.8, 4) is 11.1 Å². The second-order valence-corrected chi connectivity index (χ2v) is 3.91. The van der Waals surface area contributed by atoms with Gasteiger partial charge in [-0.05, 0) is 48.7 Å². The lowest BCUT2D eigenvalue weighted by molar-refractivity contribution is 0.627. The molecule has 1 heterocycles. The Kier molecular flexibility index (Phi) is 2.60. The number of nitrogens with zero attached hydrogens (tertiary/aromatic N) is 1. The first kappa shape index (κ1) is 10.6. The molecule has 3 heteroatoms. The standard InChI is InChI=1S/C13H13FN2/c1-8-5-10(7-11(14)6-8)12-9(2)3-4-16-13(12)15/h3-7H,1-2H3,(H2,15,16). The van der Waals surface area contributed by atoms with Crippen LogP contribution in [0, 0.1) is 19.7 Å². The molecule has 82 valence electrons. The number of nitrogen functional groups attached to an aromatic ring is 1. The predicted molar refractivity (Wildman–Crippen MR) is 63.5 cm³/mol. The maximum Gasteiger partial charge on any atom is 0.131 e. The van der Waals surface area contributed by atoms with E-state index in [4.69, 9.17) is 5.73 Å². The van der Waals surface area contributed by atoms with Crippen molar-refractivity contribution in [2.75, 3.05) is 5.73 Å². The van der Waals surface area contributed by atoms with Gasteiger partial charge in [-0.15, -0.1) is 0 Å². The Balaban J connectivity index is 2.67. The number of halogens is 1. The highest BCUT2D eigenvalue weighted by atomic mass is 19.1. The summed E-state index contributed by atoms with van der Waals surface area (Å²) >= 11 is 0. The molecule has 2 N–H and O–H groups in total. The molecular weight excluding hydrogens is 203 g/mol. The molecule has 0 radical (unpaired) electrons. The number of anilines is 1. The van der Waals surface area contributed by atoms with E-state index < -0.39 is 0 Å². The summed E-state index contributed by atoms with van der Waals surface area (Å²) in [7, 11) is 0. The molecule has 0 saturated heterocycles. The van der Waals surface area contributed by atoms with E-state index in [0.717, 1.165) is 22.3 Å². The van der Waals surface area contributed by atoms with Crippen LogP contribution in [0.3, 0.4) is 0 Å². The van der Waals surface area contributed by atoms with E-state index in [-0.39, 0.29) is 5.82 Å². The minimum atomic E-state index is -0.252. The highest BCUT2D eigenvalue weighted by Gasteiger charge is 2.08. The van der Waals surface area contributed by atoms with Gasteiger partial charge in [0, 0.05) is 11.8 Å². The van der Waals surface area contributed by atoms with Crippen molar-refractivity contribution in [2.24, 2.45) is 0 Å². The Morgan fingerprint density at radius 2 is 1.94 bits per heavy atom. The second-order valence-electron chi connectivity index (χ2n) is 3.91. The van der Waals surface area contributed by atoms with Gasteiger partial charge in [0.1, 0.15) is 11.6 Å². The van der Waals surface area contributed by atoms with Crippen LogP contribution in [0.4, 0.5) is 10.2 Å². The lowest BCUT2D eigenvalue weighted by atomic mass is 10.00. The van der Waals surface area contributed by atoms with E-state index in [1.807, 2.05) is 26.0 Å². The lowest BCUT2D eigenvalue weighted by Gasteiger charge is -2.09. The number of benzene rings is 1. The lowest BCUT2D eigenvalue weighted by Crippen LogP contribution is -1.96. The monoisotopic (exact) mass is 216 g/mol. The Morgan fingerprint density at radius 1 is 1.19 bits per heavy atom. The summed E-state index contributed by atoms with van der Waals surface area (Å²) in [5, 5.41) is 0. The molecule has 0 aliphatic rings. The number of aryl methyl sites for hydroxylation is 2. The summed E-state index contributed by atoms with van der Waals surface area (Å²) in [4.78, 5) is 4.03. The summed E-state index contributed by atoms with van der Waals surface area (Å²) in [6.07, 6.45) is 1.65. The van der Waals surface area contributed by atoms with Crippen LogP contribution in [0.15, 0.2) is 30.5 Å². The van der Waals surface area contributed by atoms with Crippen LogP contribution in [0.1, 0.15) is 11.1 Å². The number of pyridine rings is 1. The van der Waals surface area contributed by atoms with Crippen LogP contribution in [0.2, 0.25) is 0 Å². The molecule has 0 saturated carbocycles. The van der Waals surface area contributed by atoms with E-state index >= 15 is 0 Å². The van der Waals surface area contributed by atoms with Crippen molar-refractivity contribution in [1.29, 1.82) is 0 Å². The maximum absolute atomic E-state index is 13.3. The zero-order valence-electron chi connectivity index (χ0n) is 9.29. The summed E-state index contributed by atoms with van der Waals surface area (Å²) < 4.78 is 13.3. The molecule has 0 unspecified atom stereocenters. The molecule has 0 aliphatic carbocycles. The van der Waals surface area contributed by atoms with Gasteiger partial charge in [-0.25, -0.2) is 9.37 Å². The third-order valence-electron chi connectivity index (χ3n) is 2.52. The molecule has 0 bridgehead atoms. The summed E-state index contributed by atoms with van der Waals surface area (Å²) in [6.45, 7) is 3.79. The van der Waals surface area contributed by atoms with Gasteiger partial charge < -0.3 is 5.73 Å². The number of hydrogen-bond donors (Lipinski definition) is 1. The van der Waals surface area contributed by atoms with Crippen LogP contribution in [-0.2, 0) is 0 Å². The van der Waals surface area contributed by atoms with Gasteiger partial charge in [-0.2, -0.15) is 0 Å². The minimum absolute atomic E-state index is 0.252. The fourth-order valence-corrected chi connectivity index (χ4v) is 1.84. The van der Waals surface area contributed by atoms with Gasteiger partial charge in [-0.1, -0.05) is 6.07 Å². The number of hydrogen-bond acceptors (Lipinski definition) is 2. The summed E-state index contributed by atoms with van der Waals surface area (Å²) in [5.74, 6) is 0.183. The number of aromatic nitrogens is 1.